The van der Waals surface area contributed by atoms with Gasteiger partial charge in [0.05, 0.1) is 6.42 Å². The molecule has 2 aliphatic heterocycles. The average molecular weight is 396 g/mol. The van der Waals surface area contributed by atoms with Crippen molar-refractivity contribution in [1.29, 1.82) is 0 Å². The number of carbonyl (C=O) groups is 1. The van der Waals surface area contributed by atoms with Crippen molar-refractivity contribution in [3.05, 3.63) is 83.2 Å². The molecule has 2 heterocycles. The summed E-state index contributed by atoms with van der Waals surface area (Å²) in [4.78, 5) is 11.2. The predicted molar refractivity (Wildman–Crippen MR) is 120 cm³/mol. The summed E-state index contributed by atoms with van der Waals surface area (Å²) in [7, 11) is 0. The van der Waals surface area contributed by atoms with E-state index in [1.165, 1.54) is 0 Å². The summed E-state index contributed by atoms with van der Waals surface area (Å²) in [6.07, 6.45) is 15.1. The number of allylic oxidation sites excluding steroid dienone is 8. The quantitative estimate of drug-likeness (QED) is 0.589. The first kappa shape index (κ1) is 22.7. The summed E-state index contributed by atoms with van der Waals surface area (Å²) < 4.78 is 6.05. The molecule has 2 N–H and O–H groups in total. The number of ether oxygens (including phenoxy) is 1. The summed E-state index contributed by atoms with van der Waals surface area (Å²) in [6.45, 7) is 14.3. The monoisotopic (exact) mass is 395 g/mol. The molecule has 0 unspecified atom stereocenters. The fraction of sp³-hybridized carbons (Fsp3) is 0.400. The lowest BCUT2D eigenvalue weighted by Gasteiger charge is -2.22. The van der Waals surface area contributed by atoms with E-state index in [1.807, 2.05) is 38.2 Å². The topological polar surface area (TPSA) is 58.6 Å². The first-order chi connectivity index (χ1) is 14.0. The Hall–Kier alpha value is -2.59. The van der Waals surface area contributed by atoms with E-state index in [0.717, 1.165) is 60.2 Å². The Morgan fingerprint density at radius 2 is 1.97 bits per heavy atom. The standard InChI is InChI=1S/C25H33NO3/c1-5-8-20-17-29-24(7-3)23(15-18(4)16-25(27)28)22(21(20)6-2)10-9-19-11-13-26-14-12-19/h5-8,10,15,19,26H,2-3,9,11-14,16-17H2,1,4H3,(H,27,28)/b8-5-,18-15+,22-10+. The van der Waals surface area contributed by atoms with Gasteiger partial charge in [-0.1, -0.05) is 49.1 Å². The van der Waals surface area contributed by atoms with E-state index in [4.69, 9.17) is 4.74 Å². The van der Waals surface area contributed by atoms with Crippen molar-refractivity contribution in [2.45, 2.75) is 39.5 Å². The van der Waals surface area contributed by atoms with Crippen molar-refractivity contribution in [3.8, 4) is 0 Å². The smallest absolute Gasteiger partial charge is 0.307 e. The van der Waals surface area contributed by atoms with Gasteiger partial charge in [0.25, 0.3) is 0 Å². The van der Waals surface area contributed by atoms with Crippen LogP contribution in [0, 0.1) is 5.92 Å². The second-order valence-electron chi connectivity index (χ2n) is 7.52. The third-order valence-corrected chi connectivity index (χ3v) is 5.27. The van der Waals surface area contributed by atoms with Crippen LogP contribution in [0.25, 0.3) is 0 Å². The van der Waals surface area contributed by atoms with E-state index >= 15 is 0 Å². The van der Waals surface area contributed by atoms with Crippen LogP contribution in [-0.2, 0) is 9.53 Å². The molecule has 0 saturated carbocycles. The van der Waals surface area contributed by atoms with Crippen LogP contribution in [0.4, 0.5) is 0 Å². The molecule has 0 aromatic rings. The molecule has 2 rings (SSSR count). The largest absolute Gasteiger partial charge is 0.488 e. The van der Waals surface area contributed by atoms with Gasteiger partial charge in [0.15, 0.2) is 0 Å². The van der Waals surface area contributed by atoms with Crippen LogP contribution in [0.5, 0.6) is 0 Å². The second-order valence-corrected chi connectivity index (χ2v) is 7.52. The number of aliphatic carboxylic acids is 1. The molecule has 0 aliphatic carbocycles. The van der Waals surface area contributed by atoms with Gasteiger partial charge in [-0.05, 0) is 74.9 Å². The Morgan fingerprint density at radius 3 is 2.55 bits per heavy atom. The Morgan fingerprint density at radius 1 is 1.24 bits per heavy atom. The van der Waals surface area contributed by atoms with E-state index in [0.29, 0.717) is 18.3 Å². The Labute approximate surface area is 174 Å². The first-order valence-electron chi connectivity index (χ1n) is 10.3. The van der Waals surface area contributed by atoms with Crippen LogP contribution in [0.15, 0.2) is 83.2 Å². The summed E-state index contributed by atoms with van der Waals surface area (Å²) in [5.41, 5.74) is 4.77. The maximum Gasteiger partial charge on any atom is 0.307 e. The SMILES string of the molecule is C=CC1=C(/C=C(\C)CC(=O)O)/C(=C/CC2CCNCC2)C(C=C)=C(/C=C\C)CO1. The fourth-order valence-corrected chi connectivity index (χ4v) is 3.82. The third-order valence-electron chi connectivity index (χ3n) is 5.27. The van der Waals surface area contributed by atoms with Gasteiger partial charge in [-0.25, -0.2) is 0 Å². The van der Waals surface area contributed by atoms with Crippen molar-refractivity contribution in [1.82, 2.24) is 5.32 Å². The normalized spacial score (nSPS) is 20.8. The molecule has 29 heavy (non-hydrogen) atoms. The molecular formula is C25H33NO3. The Balaban J connectivity index is 2.57. The minimum absolute atomic E-state index is 0.00957. The minimum atomic E-state index is -0.844. The van der Waals surface area contributed by atoms with Gasteiger partial charge in [-0.15, -0.1) is 0 Å². The van der Waals surface area contributed by atoms with Gasteiger partial charge >= 0.3 is 5.97 Å². The first-order valence-corrected chi connectivity index (χ1v) is 10.3. The number of carboxylic acids is 1. The zero-order chi connectivity index (χ0) is 21.2. The Kier molecular flexibility index (Phi) is 8.94. The zero-order valence-electron chi connectivity index (χ0n) is 17.7. The number of hydrogen-bond donors (Lipinski definition) is 2. The number of piperidine rings is 1. The van der Waals surface area contributed by atoms with Crippen LogP contribution in [0.1, 0.15) is 39.5 Å². The summed E-state index contributed by atoms with van der Waals surface area (Å²) >= 11 is 0. The van der Waals surface area contributed by atoms with Crippen molar-refractivity contribution in [2.75, 3.05) is 19.7 Å². The van der Waals surface area contributed by atoms with Crippen molar-refractivity contribution in [3.63, 3.8) is 0 Å². The van der Waals surface area contributed by atoms with Crippen molar-refractivity contribution >= 4 is 5.97 Å². The fourth-order valence-electron chi connectivity index (χ4n) is 3.82. The molecule has 0 bridgehead atoms. The highest BCUT2D eigenvalue weighted by molar-refractivity contribution is 5.71. The van der Waals surface area contributed by atoms with E-state index in [9.17, 15) is 9.90 Å². The van der Waals surface area contributed by atoms with Crippen LogP contribution >= 0.6 is 0 Å². The highest BCUT2D eigenvalue weighted by atomic mass is 16.5. The maximum absolute atomic E-state index is 11.2. The summed E-state index contributed by atoms with van der Waals surface area (Å²) in [6, 6.07) is 0. The predicted octanol–water partition coefficient (Wildman–Crippen LogP) is 5.25. The summed E-state index contributed by atoms with van der Waals surface area (Å²) in [5.74, 6) is 0.468. The number of hydrogen-bond acceptors (Lipinski definition) is 3. The van der Waals surface area contributed by atoms with Gasteiger partial charge < -0.3 is 15.2 Å². The van der Waals surface area contributed by atoms with Gasteiger partial charge in [0, 0.05) is 5.57 Å². The number of nitrogens with one attached hydrogen (secondary N) is 1. The van der Waals surface area contributed by atoms with Gasteiger partial charge in [0.1, 0.15) is 12.4 Å². The van der Waals surface area contributed by atoms with Crippen molar-refractivity contribution in [2.24, 2.45) is 5.92 Å². The van der Waals surface area contributed by atoms with E-state index < -0.39 is 5.97 Å². The lowest BCUT2D eigenvalue weighted by atomic mass is 9.87. The van der Waals surface area contributed by atoms with Gasteiger partial charge in [0.2, 0.25) is 0 Å². The van der Waals surface area contributed by atoms with Gasteiger partial charge in [-0.2, -0.15) is 0 Å². The summed E-state index contributed by atoms with van der Waals surface area (Å²) in [5, 5.41) is 12.6. The molecule has 0 atom stereocenters. The van der Waals surface area contributed by atoms with E-state index in [1.54, 1.807) is 6.08 Å². The van der Waals surface area contributed by atoms with Crippen molar-refractivity contribution < 1.29 is 14.6 Å². The van der Waals surface area contributed by atoms with Crippen LogP contribution in [-0.4, -0.2) is 30.8 Å². The molecule has 0 amide bonds. The highest BCUT2D eigenvalue weighted by Gasteiger charge is 2.21. The van der Waals surface area contributed by atoms with Crippen LogP contribution in [0.2, 0.25) is 0 Å². The zero-order valence-corrected chi connectivity index (χ0v) is 17.7. The molecular weight excluding hydrogens is 362 g/mol. The number of rotatable bonds is 8. The molecule has 2 aliphatic rings. The second kappa shape index (κ2) is 11.4. The third kappa shape index (κ3) is 6.47. The van der Waals surface area contributed by atoms with E-state index in [-0.39, 0.29) is 6.42 Å². The maximum atomic E-state index is 11.2. The highest BCUT2D eigenvalue weighted by Crippen LogP contribution is 2.34. The van der Waals surface area contributed by atoms with Crippen LogP contribution in [0.3, 0.4) is 0 Å². The molecule has 4 heteroatoms. The molecule has 0 aromatic heterocycles. The molecule has 4 nitrogen and oxygen atoms in total. The number of carboxylic acid groups (broad SMARTS) is 1. The minimum Gasteiger partial charge on any atom is -0.488 e. The lowest BCUT2D eigenvalue weighted by Crippen LogP contribution is -2.27. The van der Waals surface area contributed by atoms with Crippen LogP contribution < -0.4 is 5.32 Å². The Bertz CT molecular complexity index is 787. The lowest BCUT2D eigenvalue weighted by molar-refractivity contribution is -0.136. The molecule has 0 aromatic carbocycles. The molecule has 0 radical (unpaired) electrons. The molecule has 156 valence electrons. The molecule has 1 saturated heterocycles. The van der Waals surface area contributed by atoms with E-state index in [2.05, 4.69) is 24.6 Å². The average Bonchev–Trinajstić information content (AvgIpc) is 2.83. The molecule has 1 fully saturated rings. The van der Waals surface area contributed by atoms with Gasteiger partial charge in [-0.3, -0.25) is 4.79 Å². The molecule has 0 spiro atoms.